The van der Waals surface area contributed by atoms with Crippen molar-refractivity contribution < 1.29 is 14.3 Å². The molecule has 1 N–H and O–H groups in total. The summed E-state index contributed by atoms with van der Waals surface area (Å²) in [5.74, 6) is 1.48. The summed E-state index contributed by atoms with van der Waals surface area (Å²) < 4.78 is 10.5. The highest BCUT2D eigenvalue weighted by Gasteiger charge is 2.33. The molecule has 1 heterocycles. The number of hydrogen-bond acceptors (Lipinski definition) is 4. The third-order valence-corrected chi connectivity index (χ3v) is 3.33. The monoisotopic (exact) mass is 264 g/mol. The second-order valence-electron chi connectivity index (χ2n) is 4.43. The highest BCUT2D eigenvalue weighted by molar-refractivity contribution is 6.00. The van der Waals surface area contributed by atoms with Crippen molar-refractivity contribution in [2.45, 2.75) is 19.4 Å². The molecular weight excluding hydrogens is 244 g/mol. The SMILES string of the molecule is CCNC1CCN(c2ccc(OC)cc2OC)C1=O. The maximum Gasteiger partial charge on any atom is 0.244 e. The molecule has 104 valence electrons. The van der Waals surface area contributed by atoms with Crippen LogP contribution < -0.4 is 19.7 Å². The van der Waals surface area contributed by atoms with Crippen LogP contribution in [0, 0.1) is 0 Å². The number of carbonyl (C=O) groups excluding carboxylic acids is 1. The molecule has 1 aromatic rings. The highest BCUT2D eigenvalue weighted by Crippen LogP contribution is 2.34. The average molecular weight is 264 g/mol. The molecule has 0 spiro atoms. The summed E-state index contributed by atoms with van der Waals surface area (Å²) in [6.45, 7) is 3.51. The fraction of sp³-hybridized carbons (Fsp3) is 0.500. The van der Waals surface area contributed by atoms with Gasteiger partial charge in [-0.05, 0) is 25.1 Å². The Hall–Kier alpha value is -1.75. The molecule has 1 aliphatic heterocycles. The maximum atomic E-state index is 12.3. The zero-order chi connectivity index (χ0) is 13.8. The first-order valence-electron chi connectivity index (χ1n) is 6.48. The third-order valence-electron chi connectivity index (χ3n) is 3.33. The van der Waals surface area contributed by atoms with Gasteiger partial charge in [-0.25, -0.2) is 0 Å². The number of nitrogens with one attached hydrogen (secondary N) is 1. The minimum absolute atomic E-state index is 0.0863. The lowest BCUT2D eigenvalue weighted by atomic mass is 10.2. The number of nitrogens with zero attached hydrogens (tertiary/aromatic N) is 1. The average Bonchev–Trinajstić information content (AvgIpc) is 2.80. The van der Waals surface area contributed by atoms with Crippen LogP contribution in [0.25, 0.3) is 0 Å². The molecule has 19 heavy (non-hydrogen) atoms. The molecule has 0 bridgehead atoms. The number of methoxy groups -OCH3 is 2. The molecule has 0 aliphatic carbocycles. The van der Waals surface area contributed by atoms with Crippen molar-refractivity contribution in [2.75, 3.05) is 32.2 Å². The van der Waals surface area contributed by atoms with Crippen LogP contribution in [0.5, 0.6) is 11.5 Å². The first-order valence-corrected chi connectivity index (χ1v) is 6.48. The second-order valence-corrected chi connectivity index (χ2v) is 4.43. The van der Waals surface area contributed by atoms with Crippen molar-refractivity contribution in [1.82, 2.24) is 5.32 Å². The van der Waals surface area contributed by atoms with Crippen LogP contribution in [0.2, 0.25) is 0 Å². The van der Waals surface area contributed by atoms with Crippen molar-refractivity contribution >= 4 is 11.6 Å². The van der Waals surface area contributed by atoms with Gasteiger partial charge in [-0.2, -0.15) is 0 Å². The number of carbonyl (C=O) groups is 1. The minimum atomic E-state index is -0.0863. The van der Waals surface area contributed by atoms with E-state index in [2.05, 4.69) is 5.32 Å². The Balaban J connectivity index is 2.25. The third kappa shape index (κ3) is 2.66. The summed E-state index contributed by atoms with van der Waals surface area (Å²) >= 11 is 0. The smallest absolute Gasteiger partial charge is 0.244 e. The largest absolute Gasteiger partial charge is 0.497 e. The molecule has 1 aliphatic rings. The molecule has 1 atom stereocenters. The van der Waals surface area contributed by atoms with Crippen LogP contribution in [0.15, 0.2) is 18.2 Å². The number of hydrogen-bond donors (Lipinski definition) is 1. The lowest BCUT2D eigenvalue weighted by Gasteiger charge is -2.20. The van der Waals surface area contributed by atoms with Crippen LogP contribution in [-0.2, 0) is 4.79 Å². The predicted molar refractivity (Wildman–Crippen MR) is 74.0 cm³/mol. The topological polar surface area (TPSA) is 50.8 Å². The minimum Gasteiger partial charge on any atom is -0.497 e. The fourth-order valence-electron chi connectivity index (χ4n) is 2.36. The van der Waals surface area contributed by atoms with Gasteiger partial charge in [0.1, 0.15) is 11.5 Å². The van der Waals surface area contributed by atoms with E-state index in [9.17, 15) is 4.79 Å². The normalized spacial score (nSPS) is 18.8. The predicted octanol–water partition coefficient (Wildman–Crippen LogP) is 1.42. The molecule has 1 fully saturated rings. The summed E-state index contributed by atoms with van der Waals surface area (Å²) in [6.07, 6.45) is 0.821. The molecule has 1 saturated heterocycles. The number of ether oxygens (including phenoxy) is 2. The Morgan fingerprint density at radius 1 is 1.37 bits per heavy atom. The number of benzene rings is 1. The molecule has 1 amide bonds. The first kappa shape index (κ1) is 13.7. The molecule has 0 radical (unpaired) electrons. The van der Waals surface area contributed by atoms with Gasteiger partial charge in [0.05, 0.1) is 25.9 Å². The Morgan fingerprint density at radius 2 is 2.16 bits per heavy atom. The summed E-state index contributed by atoms with van der Waals surface area (Å²) in [6, 6.07) is 5.41. The van der Waals surface area contributed by atoms with Gasteiger partial charge in [0.2, 0.25) is 5.91 Å². The van der Waals surface area contributed by atoms with E-state index in [1.54, 1.807) is 25.2 Å². The molecule has 5 nitrogen and oxygen atoms in total. The highest BCUT2D eigenvalue weighted by atomic mass is 16.5. The second kappa shape index (κ2) is 5.93. The Bertz CT molecular complexity index is 462. The molecule has 0 aromatic heterocycles. The standard InChI is InChI=1S/C14H20N2O3/c1-4-15-11-7-8-16(14(11)17)12-6-5-10(18-2)9-13(12)19-3/h5-6,9,11,15H,4,7-8H2,1-3H3. The van der Waals surface area contributed by atoms with E-state index < -0.39 is 0 Å². The van der Waals surface area contributed by atoms with Crippen molar-refractivity contribution in [3.8, 4) is 11.5 Å². The molecule has 5 heteroatoms. The first-order chi connectivity index (χ1) is 9.21. The van der Waals surface area contributed by atoms with Crippen molar-refractivity contribution in [3.63, 3.8) is 0 Å². The van der Waals surface area contributed by atoms with Gasteiger partial charge in [0.15, 0.2) is 0 Å². The van der Waals surface area contributed by atoms with Crippen molar-refractivity contribution in [2.24, 2.45) is 0 Å². The van der Waals surface area contributed by atoms with Gasteiger partial charge in [-0.15, -0.1) is 0 Å². The van der Waals surface area contributed by atoms with Crippen LogP contribution in [0.4, 0.5) is 5.69 Å². The van der Waals surface area contributed by atoms with Gasteiger partial charge >= 0.3 is 0 Å². The van der Waals surface area contributed by atoms with E-state index in [0.717, 1.165) is 24.4 Å². The molecular formula is C14H20N2O3. The summed E-state index contributed by atoms with van der Waals surface area (Å²) in [7, 11) is 3.21. The Morgan fingerprint density at radius 3 is 2.79 bits per heavy atom. The van der Waals surface area contributed by atoms with E-state index in [4.69, 9.17) is 9.47 Å². The molecule has 0 saturated carbocycles. The van der Waals surface area contributed by atoms with Gasteiger partial charge in [-0.1, -0.05) is 6.92 Å². The number of rotatable bonds is 5. The van der Waals surface area contributed by atoms with E-state index >= 15 is 0 Å². The van der Waals surface area contributed by atoms with Gasteiger partial charge < -0.3 is 19.7 Å². The van der Waals surface area contributed by atoms with E-state index in [1.165, 1.54) is 0 Å². The van der Waals surface area contributed by atoms with Crippen LogP contribution in [0.1, 0.15) is 13.3 Å². The number of anilines is 1. The summed E-state index contributed by atoms with van der Waals surface area (Å²) in [4.78, 5) is 14.1. The van der Waals surface area contributed by atoms with Crippen LogP contribution in [-0.4, -0.2) is 39.3 Å². The fourth-order valence-corrected chi connectivity index (χ4v) is 2.36. The van der Waals surface area contributed by atoms with Crippen LogP contribution in [0.3, 0.4) is 0 Å². The van der Waals surface area contributed by atoms with Gasteiger partial charge in [0.25, 0.3) is 0 Å². The maximum absolute atomic E-state index is 12.3. The quantitative estimate of drug-likeness (QED) is 0.874. The van der Waals surface area contributed by atoms with Gasteiger partial charge in [-0.3, -0.25) is 4.79 Å². The summed E-state index contributed by atoms with van der Waals surface area (Å²) in [5, 5.41) is 3.20. The van der Waals surface area contributed by atoms with Crippen molar-refractivity contribution in [3.05, 3.63) is 18.2 Å². The molecule has 2 rings (SSSR count). The Kier molecular flexibility index (Phi) is 4.27. The lowest BCUT2D eigenvalue weighted by Crippen LogP contribution is -2.38. The molecule has 1 unspecified atom stereocenters. The van der Waals surface area contributed by atoms with Gasteiger partial charge in [0, 0.05) is 12.6 Å². The molecule has 1 aromatic carbocycles. The zero-order valence-corrected chi connectivity index (χ0v) is 11.6. The lowest BCUT2D eigenvalue weighted by molar-refractivity contribution is -0.118. The van der Waals surface area contributed by atoms with E-state index in [0.29, 0.717) is 12.3 Å². The zero-order valence-electron chi connectivity index (χ0n) is 11.6. The van der Waals surface area contributed by atoms with Crippen LogP contribution >= 0.6 is 0 Å². The summed E-state index contributed by atoms with van der Waals surface area (Å²) in [5.41, 5.74) is 0.800. The number of likely N-dealkylation sites (N-methyl/N-ethyl adjacent to an activating group) is 1. The van der Waals surface area contributed by atoms with E-state index in [-0.39, 0.29) is 11.9 Å². The van der Waals surface area contributed by atoms with E-state index in [1.807, 2.05) is 19.1 Å². The van der Waals surface area contributed by atoms with Crippen molar-refractivity contribution in [1.29, 1.82) is 0 Å². The number of amides is 1. The Labute approximate surface area is 113 Å².